The zero-order valence-corrected chi connectivity index (χ0v) is 20.8. The molecule has 0 saturated carbocycles. The van der Waals surface area contributed by atoms with Gasteiger partial charge >= 0.3 is 65.8 Å². The molecule has 9 nitrogen and oxygen atoms in total. The Morgan fingerprint density at radius 2 is 1.50 bits per heavy atom. The van der Waals surface area contributed by atoms with Crippen molar-refractivity contribution in [2.24, 2.45) is 5.41 Å². The number of rotatable bonds is 14. The van der Waals surface area contributed by atoms with Gasteiger partial charge in [-0.2, -0.15) is 8.42 Å². The molecule has 0 fully saturated rings. The maximum absolute atomic E-state index is 13.0. The first-order chi connectivity index (χ1) is 13.4. The topological polar surface area (TPSA) is 133 Å². The summed E-state index contributed by atoms with van der Waals surface area (Å²) in [5.74, 6) is -4.01. The summed E-state index contributed by atoms with van der Waals surface area (Å²) in [6.07, 6.45) is 2.58. The van der Waals surface area contributed by atoms with E-state index in [9.17, 15) is 22.8 Å². The summed E-state index contributed by atoms with van der Waals surface area (Å²) >= 11 is 0. The van der Waals surface area contributed by atoms with Crippen LogP contribution in [0.3, 0.4) is 0 Å². The second-order valence-corrected chi connectivity index (χ2v) is 7.95. The van der Waals surface area contributed by atoms with Crippen molar-refractivity contribution in [1.82, 2.24) is 0 Å². The van der Waals surface area contributed by atoms with Gasteiger partial charge in [0.25, 0.3) is 0 Å². The molecule has 0 radical (unpaired) electrons. The predicted octanol–water partition coefficient (Wildman–Crippen LogP) is 2.41. The van der Waals surface area contributed by atoms with Gasteiger partial charge in [-0.25, -0.2) is 9.59 Å². The molecule has 0 bridgehead atoms. The normalized spacial score (nSPS) is 14.8. The average Bonchev–Trinajstić information content (AvgIpc) is 2.65. The summed E-state index contributed by atoms with van der Waals surface area (Å²) < 4.78 is 46.2. The summed E-state index contributed by atoms with van der Waals surface area (Å²) in [5.41, 5.74) is -1.71. The monoisotopic (exact) mass is 476 g/mol. The van der Waals surface area contributed by atoms with Crippen LogP contribution < -0.4 is 0 Å². The number of carbonyl (C=O) groups is 3. The van der Waals surface area contributed by atoms with Crippen LogP contribution in [0.5, 0.6) is 0 Å². The average molecular weight is 477 g/mol. The molecule has 30 heavy (non-hydrogen) atoms. The van der Waals surface area contributed by atoms with Crippen LogP contribution >= 0.6 is 0 Å². The van der Waals surface area contributed by atoms with Crippen molar-refractivity contribution in [2.75, 3.05) is 5.94 Å². The van der Waals surface area contributed by atoms with Gasteiger partial charge in [-0.15, -0.1) is 0 Å². The zero-order chi connectivity index (χ0) is 22.7. The molecule has 2 unspecified atom stereocenters. The fraction of sp³-hybridized carbons (Fsp3) is 0.632. The number of hydrogen-bond donors (Lipinski definition) is 1. The summed E-state index contributed by atoms with van der Waals surface area (Å²) in [6.45, 7) is 11.4. The van der Waals surface area contributed by atoms with Gasteiger partial charge in [0.05, 0.1) is 0 Å². The predicted molar refractivity (Wildman–Crippen MR) is 113 cm³/mol. The molecule has 0 aliphatic rings. The van der Waals surface area contributed by atoms with Gasteiger partial charge in [-0.3, -0.25) is 9.35 Å². The minimum absolute atomic E-state index is 0. The molecule has 170 valence electrons. The molecule has 0 aromatic rings. The maximum Gasteiger partial charge on any atom is 2.00 e. The van der Waals surface area contributed by atoms with Crippen LogP contribution in [0.2, 0.25) is 0 Å². The van der Waals surface area contributed by atoms with E-state index in [0.717, 1.165) is 31.4 Å². The van der Waals surface area contributed by atoms with Crippen molar-refractivity contribution in [3.63, 3.8) is 0 Å². The van der Waals surface area contributed by atoms with Crippen molar-refractivity contribution in [3.05, 3.63) is 25.3 Å². The van der Waals surface area contributed by atoms with Crippen LogP contribution in [0.15, 0.2) is 25.3 Å². The van der Waals surface area contributed by atoms with E-state index in [0.29, 0.717) is 6.42 Å². The Hall–Kier alpha value is -0.940. The fourth-order valence-electron chi connectivity index (χ4n) is 2.93. The Bertz CT molecular complexity index is 686. The first-order valence-electron chi connectivity index (χ1n) is 9.23. The van der Waals surface area contributed by atoms with E-state index in [1.165, 1.54) is 13.8 Å². The van der Waals surface area contributed by atoms with E-state index < -0.39 is 51.6 Å². The largest absolute Gasteiger partial charge is 2.00 e. The van der Waals surface area contributed by atoms with E-state index in [1.54, 1.807) is 0 Å². The molecule has 0 aliphatic carbocycles. The van der Waals surface area contributed by atoms with E-state index in [1.807, 2.05) is 6.92 Å². The molecule has 1 N–H and O–H groups in total. The third kappa shape index (κ3) is 10.4. The minimum Gasteiger partial charge on any atom is -1.00 e. The van der Waals surface area contributed by atoms with Crippen molar-refractivity contribution in [1.29, 1.82) is 0 Å². The van der Waals surface area contributed by atoms with Crippen LogP contribution in [0.1, 0.15) is 55.7 Å². The SMILES string of the molecule is C=CC(=O)OC(C)C(CCCCCC)(C(=O)OCS(=O)(=O)O)C(C)OC(=O)C=C.[Ca+2].[H-].[H-]. The number of carbonyl (C=O) groups excluding carboxylic acids is 3. The van der Waals surface area contributed by atoms with Gasteiger partial charge < -0.3 is 17.1 Å². The number of unbranched alkanes of at least 4 members (excludes halogenated alkanes) is 3. The number of ether oxygens (including phenoxy) is 3. The van der Waals surface area contributed by atoms with Crippen LogP contribution in [-0.2, 0) is 38.7 Å². The Labute approximate surface area is 210 Å². The summed E-state index contributed by atoms with van der Waals surface area (Å²) in [6, 6.07) is 0. The quantitative estimate of drug-likeness (QED) is 0.100. The Balaban J connectivity index is -0.00000131. The summed E-state index contributed by atoms with van der Waals surface area (Å²) in [5, 5.41) is 0. The fourth-order valence-corrected chi connectivity index (χ4v) is 3.19. The number of esters is 3. The van der Waals surface area contributed by atoms with Crippen molar-refractivity contribution < 1.29 is 44.4 Å². The second-order valence-electron chi connectivity index (χ2n) is 6.55. The first-order valence-corrected chi connectivity index (χ1v) is 10.8. The van der Waals surface area contributed by atoms with Crippen LogP contribution in [0.4, 0.5) is 0 Å². The number of hydrogen-bond acceptors (Lipinski definition) is 8. The molecule has 0 aromatic carbocycles. The molecular formula is C19H32CaO9S. The van der Waals surface area contributed by atoms with E-state index >= 15 is 0 Å². The van der Waals surface area contributed by atoms with Gasteiger partial charge in [0.1, 0.15) is 17.6 Å². The molecule has 0 aromatic heterocycles. The van der Waals surface area contributed by atoms with Crippen LogP contribution in [-0.4, -0.2) is 86.8 Å². The van der Waals surface area contributed by atoms with E-state index in [2.05, 4.69) is 13.2 Å². The third-order valence-electron chi connectivity index (χ3n) is 4.53. The van der Waals surface area contributed by atoms with Gasteiger partial charge in [-0.1, -0.05) is 45.8 Å². The molecule has 0 amide bonds. The van der Waals surface area contributed by atoms with E-state index in [-0.39, 0.29) is 47.0 Å². The van der Waals surface area contributed by atoms with Crippen molar-refractivity contribution >= 4 is 65.8 Å². The van der Waals surface area contributed by atoms with Crippen molar-refractivity contribution in [3.8, 4) is 0 Å². The third-order valence-corrected chi connectivity index (χ3v) is 4.95. The molecule has 2 atom stereocenters. The molecule has 0 rings (SSSR count). The van der Waals surface area contributed by atoms with Crippen LogP contribution in [0, 0.1) is 5.41 Å². The minimum atomic E-state index is -4.61. The maximum atomic E-state index is 13.0. The first kappa shape index (κ1) is 31.2. The van der Waals surface area contributed by atoms with Gasteiger partial charge in [-0.05, 0) is 20.3 Å². The molecule has 0 heterocycles. The zero-order valence-electron chi connectivity index (χ0n) is 19.8. The Morgan fingerprint density at radius 3 is 1.87 bits per heavy atom. The molecular weight excluding hydrogens is 444 g/mol. The smallest absolute Gasteiger partial charge is 1.00 e. The molecule has 0 aliphatic heterocycles. The van der Waals surface area contributed by atoms with Gasteiger partial charge in [0, 0.05) is 12.2 Å². The summed E-state index contributed by atoms with van der Waals surface area (Å²) in [7, 11) is -4.61. The van der Waals surface area contributed by atoms with Crippen LogP contribution in [0.25, 0.3) is 0 Å². The molecule has 0 saturated heterocycles. The second kappa shape index (κ2) is 15.0. The Kier molecular flexibility index (Phi) is 15.6. The Morgan fingerprint density at radius 1 is 1.03 bits per heavy atom. The summed E-state index contributed by atoms with van der Waals surface area (Å²) in [4.78, 5) is 36.4. The van der Waals surface area contributed by atoms with Gasteiger partial charge in [0.15, 0.2) is 0 Å². The molecule has 11 heteroatoms. The standard InChI is InChI=1S/C19H30O9S.Ca.2H/c1-6-9-10-11-12-19(14(4)27-16(20)7-2,15(5)28-17(21)8-3)18(22)26-13-29(23,24)25;;;/h7-8,14-15H,2-3,6,9-13H2,1,4-5H3,(H,23,24,25);;;/q;+2;2*-1. The van der Waals surface area contributed by atoms with E-state index in [4.69, 9.17) is 18.8 Å². The molecule has 0 spiro atoms. The van der Waals surface area contributed by atoms with Gasteiger partial charge in [0.2, 0.25) is 5.94 Å². The van der Waals surface area contributed by atoms with Crippen molar-refractivity contribution in [2.45, 2.75) is 65.1 Å².